The molecule has 0 spiro atoms. The van der Waals surface area contributed by atoms with Crippen LogP contribution in [0.4, 0.5) is 0 Å². The summed E-state index contributed by atoms with van der Waals surface area (Å²) < 4.78 is 12.1. The summed E-state index contributed by atoms with van der Waals surface area (Å²) in [5.74, 6) is 1.83. The quantitative estimate of drug-likeness (QED) is 0.800. The van der Waals surface area contributed by atoms with Crippen molar-refractivity contribution in [2.45, 2.75) is 51.7 Å². The fourth-order valence-corrected chi connectivity index (χ4v) is 2.52. The molecule has 19 heavy (non-hydrogen) atoms. The topological polar surface area (TPSA) is 30.5 Å². The minimum absolute atomic E-state index is 0.114. The van der Waals surface area contributed by atoms with Crippen molar-refractivity contribution in [1.82, 2.24) is 5.32 Å². The summed E-state index contributed by atoms with van der Waals surface area (Å²) in [6.45, 7) is 7.39. The van der Waals surface area contributed by atoms with E-state index in [1.165, 1.54) is 5.56 Å². The molecule has 0 radical (unpaired) electrons. The fraction of sp³-hybridized carbons (Fsp3) is 0.625. The molecule has 1 aromatic rings. The molecule has 0 saturated heterocycles. The van der Waals surface area contributed by atoms with Crippen LogP contribution >= 0.6 is 0 Å². The second kappa shape index (κ2) is 5.83. The van der Waals surface area contributed by atoms with Crippen molar-refractivity contribution in [3.63, 3.8) is 0 Å². The van der Waals surface area contributed by atoms with Gasteiger partial charge in [-0.15, -0.1) is 0 Å². The standard InChI is InChI=1S/C16H25NO2/c1-12(7-6-10-17-4)18-14-9-5-8-13-11-16(2,3)19-15(13)14/h5,8-9,12,17H,6-7,10-11H2,1-4H3. The van der Waals surface area contributed by atoms with E-state index in [0.29, 0.717) is 0 Å². The van der Waals surface area contributed by atoms with Gasteiger partial charge in [-0.3, -0.25) is 0 Å². The highest BCUT2D eigenvalue weighted by Gasteiger charge is 2.32. The van der Waals surface area contributed by atoms with Gasteiger partial charge in [0.15, 0.2) is 11.5 Å². The lowest BCUT2D eigenvalue weighted by Crippen LogP contribution is -2.25. The van der Waals surface area contributed by atoms with Crippen molar-refractivity contribution < 1.29 is 9.47 Å². The van der Waals surface area contributed by atoms with Gasteiger partial charge in [-0.25, -0.2) is 0 Å². The maximum Gasteiger partial charge on any atom is 0.165 e. The number of hydrogen-bond donors (Lipinski definition) is 1. The molecule has 1 aromatic carbocycles. The van der Waals surface area contributed by atoms with Crippen LogP contribution < -0.4 is 14.8 Å². The van der Waals surface area contributed by atoms with E-state index in [1.54, 1.807) is 0 Å². The van der Waals surface area contributed by atoms with Gasteiger partial charge < -0.3 is 14.8 Å². The zero-order valence-electron chi connectivity index (χ0n) is 12.5. The van der Waals surface area contributed by atoms with Gasteiger partial charge >= 0.3 is 0 Å². The summed E-state index contributed by atoms with van der Waals surface area (Å²) in [5, 5.41) is 3.16. The molecular formula is C16H25NO2. The Balaban J connectivity index is 2.01. The predicted molar refractivity (Wildman–Crippen MR) is 78.1 cm³/mol. The van der Waals surface area contributed by atoms with Gasteiger partial charge in [0.25, 0.3) is 0 Å². The van der Waals surface area contributed by atoms with Gasteiger partial charge in [-0.05, 0) is 53.3 Å². The maximum atomic E-state index is 6.04. The highest BCUT2D eigenvalue weighted by molar-refractivity contribution is 5.50. The molecule has 106 valence electrons. The molecule has 1 atom stereocenters. The van der Waals surface area contributed by atoms with Crippen LogP contribution in [0.5, 0.6) is 11.5 Å². The zero-order valence-corrected chi connectivity index (χ0v) is 12.5. The second-order valence-electron chi connectivity index (χ2n) is 5.96. The molecule has 1 unspecified atom stereocenters. The molecule has 0 bridgehead atoms. The molecule has 3 nitrogen and oxygen atoms in total. The Morgan fingerprint density at radius 2 is 2.21 bits per heavy atom. The number of hydrogen-bond acceptors (Lipinski definition) is 3. The first kappa shape index (κ1) is 14.2. The largest absolute Gasteiger partial charge is 0.487 e. The highest BCUT2D eigenvalue weighted by atomic mass is 16.5. The smallest absolute Gasteiger partial charge is 0.165 e. The average molecular weight is 263 g/mol. The zero-order chi connectivity index (χ0) is 13.9. The molecule has 0 fully saturated rings. The maximum absolute atomic E-state index is 6.04. The summed E-state index contributed by atoms with van der Waals surface area (Å²) in [7, 11) is 1.98. The van der Waals surface area contributed by atoms with Crippen LogP contribution in [-0.2, 0) is 6.42 Å². The lowest BCUT2D eigenvalue weighted by Gasteiger charge is -2.20. The molecule has 0 aliphatic carbocycles. The Morgan fingerprint density at radius 3 is 2.95 bits per heavy atom. The van der Waals surface area contributed by atoms with E-state index in [1.807, 2.05) is 13.1 Å². The third-order valence-electron chi connectivity index (χ3n) is 3.42. The van der Waals surface area contributed by atoms with Crippen molar-refractivity contribution in [3.8, 4) is 11.5 Å². The van der Waals surface area contributed by atoms with Crippen LogP contribution in [0.25, 0.3) is 0 Å². The molecule has 3 heteroatoms. The van der Waals surface area contributed by atoms with Crippen LogP contribution in [0.3, 0.4) is 0 Å². The Hall–Kier alpha value is -1.22. The van der Waals surface area contributed by atoms with E-state index in [9.17, 15) is 0 Å². The van der Waals surface area contributed by atoms with Gasteiger partial charge in [0.1, 0.15) is 5.60 Å². The normalized spacial score (nSPS) is 17.7. The Bertz CT molecular complexity index is 429. The minimum Gasteiger partial charge on any atom is -0.487 e. The van der Waals surface area contributed by atoms with E-state index in [4.69, 9.17) is 9.47 Å². The predicted octanol–water partition coefficient (Wildman–Crippen LogP) is 3.17. The lowest BCUT2D eigenvalue weighted by molar-refractivity contribution is 0.125. The molecule has 1 aliphatic rings. The van der Waals surface area contributed by atoms with Gasteiger partial charge in [0.05, 0.1) is 6.10 Å². The van der Waals surface area contributed by atoms with Crippen LogP contribution in [0, 0.1) is 0 Å². The van der Waals surface area contributed by atoms with E-state index < -0.39 is 0 Å². The van der Waals surface area contributed by atoms with Crippen molar-refractivity contribution in [1.29, 1.82) is 0 Å². The molecule has 0 aromatic heterocycles. The molecule has 0 amide bonds. The number of rotatable bonds is 6. The van der Waals surface area contributed by atoms with E-state index in [-0.39, 0.29) is 11.7 Å². The first-order valence-corrected chi connectivity index (χ1v) is 7.14. The Kier molecular flexibility index (Phi) is 4.35. The highest BCUT2D eigenvalue weighted by Crippen LogP contribution is 2.42. The number of nitrogens with one attached hydrogen (secondary N) is 1. The summed E-state index contributed by atoms with van der Waals surface area (Å²) in [4.78, 5) is 0. The first-order chi connectivity index (χ1) is 9.02. The molecule has 0 saturated carbocycles. The summed E-state index contributed by atoms with van der Waals surface area (Å²) in [6, 6.07) is 6.19. The second-order valence-corrected chi connectivity index (χ2v) is 5.96. The van der Waals surface area contributed by atoms with E-state index >= 15 is 0 Å². The Morgan fingerprint density at radius 1 is 1.42 bits per heavy atom. The van der Waals surface area contributed by atoms with Gasteiger partial charge in [0.2, 0.25) is 0 Å². The number of para-hydroxylation sites is 1. The fourth-order valence-electron chi connectivity index (χ4n) is 2.52. The van der Waals surface area contributed by atoms with Crippen molar-refractivity contribution in [3.05, 3.63) is 23.8 Å². The minimum atomic E-state index is -0.114. The van der Waals surface area contributed by atoms with Crippen molar-refractivity contribution in [2.24, 2.45) is 0 Å². The Labute approximate surface area is 116 Å². The third kappa shape index (κ3) is 3.63. The average Bonchev–Trinajstić information content (AvgIpc) is 2.65. The lowest BCUT2D eigenvalue weighted by atomic mass is 10.0. The molecular weight excluding hydrogens is 238 g/mol. The summed E-state index contributed by atoms with van der Waals surface area (Å²) in [6.07, 6.45) is 3.34. The van der Waals surface area contributed by atoms with E-state index in [0.717, 1.165) is 37.3 Å². The number of benzene rings is 1. The summed E-state index contributed by atoms with van der Waals surface area (Å²) in [5.41, 5.74) is 1.14. The molecule has 1 N–H and O–H groups in total. The van der Waals surface area contributed by atoms with Gasteiger partial charge in [-0.2, -0.15) is 0 Å². The van der Waals surface area contributed by atoms with Crippen LogP contribution in [0.1, 0.15) is 39.2 Å². The molecule has 2 rings (SSSR count). The molecule has 1 aliphatic heterocycles. The summed E-state index contributed by atoms with van der Waals surface area (Å²) >= 11 is 0. The monoisotopic (exact) mass is 263 g/mol. The van der Waals surface area contributed by atoms with Crippen LogP contribution in [0.2, 0.25) is 0 Å². The van der Waals surface area contributed by atoms with Gasteiger partial charge in [0, 0.05) is 12.0 Å². The number of fused-ring (bicyclic) bond motifs is 1. The number of ether oxygens (including phenoxy) is 2. The third-order valence-corrected chi connectivity index (χ3v) is 3.42. The van der Waals surface area contributed by atoms with Crippen molar-refractivity contribution >= 4 is 0 Å². The van der Waals surface area contributed by atoms with Crippen molar-refractivity contribution in [2.75, 3.05) is 13.6 Å². The van der Waals surface area contributed by atoms with E-state index in [2.05, 4.69) is 38.2 Å². The van der Waals surface area contributed by atoms with Crippen LogP contribution in [-0.4, -0.2) is 25.3 Å². The molecule has 1 heterocycles. The van der Waals surface area contributed by atoms with Gasteiger partial charge in [-0.1, -0.05) is 12.1 Å². The SMILES string of the molecule is CNCCCC(C)Oc1cccc2c1OC(C)(C)C2. The van der Waals surface area contributed by atoms with Crippen LogP contribution in [0.15, 0.2) is 18.2 Å². The first-order valence-electron chi connectivity index (χ1n) is 7.14.